The van der Waals surface area contributed by atoms with E-state index in [2.05, 4.69) is 8.91 Å². The van der Waals surface area contributed by atoms with Crippen LogP contribution in [0.1, 0.15) is 32.3 Å². The van der Waals surface area contributed by atoms with Gasteiger partial charge in [-0.25, -0.2) is 0 Å². The van der Waals surface area contributed by atoms with Gasteiger partial charge in [-0.3, -0.25) is 4.18 Å². The maximum atomic E-state index is 11.7. The van der Waals surface area contributed by atoms with Crippen LogP contribution in [0.2, 0.25) is 5.02 Å². The quantitative estimate of drug-likeness (QED) is 0.806. The van der Waals surface area contributed by atoms with E-state index in [4.69, 9.17) is 21.1 Å². The van der Waals surface area contributed by atoms with Crippen molar-refractivity contribution in [2.24, 2.45) is 0 Å². The Balaban J connectivity index is 2.24. The molecule has 0 aromatic heterocycles. The van der Waals surface area contributed by atoms with Gasteiger partial charge in [-0.05, 0) is 24.5 Å². The van der Waals surface area contributed by atoms with Gasteiger partial charge in [-0.15, -0.1) is 0 Å². The monoisotopic (exact) mass is 363 g/mol. The molecule has 1 N–H and O–H groups in total. The first-order valence-corrected chi connectivity index (χ1v) is 9.30. The number of halogens is 1. The van der Waals surface area contributed by atoms with Gasteiger partial charge in [0, 0.05) is 11.4 Å². The summed E-state index contributed by atoms with van der Waals surface area (Å²) in [6.45, 7) is 3.87. The molecule has 0 aliphatic carbocycles. The maximum absolute atomic E-state index is 11.7. The molecule has 1 saturated heterocycles. The van der Waals surface area contributed by atoms with Crippen LogP contribution >= 0.6 is 11.6 Å². The molecule has 0 spiro atoms. The molecule has 0 radical (unpaired) electrons. The molecule has 8 heteroatoms. The Bertz CT molecular complexity index is 633. The highest BCUT2D eigenvalue weighted by Crippen LogP contribution is 2.35. The summed E-state index contributed by atoms with van der Waals surface area (Å²) in [5.74, 6) is -0.813. The minimum absolute atomic E-state index is 0.429. The number of ether oxygens (including phenoxy) is 2. The van der Waals surface area contributed by atoms with E-state index in [0.29, 0.717) is 24.3 Å². The van der Waals surface area contributed by atoms with Crippen LogP contribution in [0.15, 0.2) is 24.3 Å². The zero-order valence-electron chi connectivity index (χ0n) is 13.4. The largest absolute Gasteiger partial charge is 0.342 e. The Morgan fingerprint density at radius 3 is 2.48 bits per heavy atom. The van der Waals surface area contributed by atoms with E-state index < -0.39 is 28.4 Å². The van der Waals surface area contributed by atoms with E-state index in [-0.39, 0.29) is 0 Å². The molecule has 0 bridgehead atoms. The molecule has 0 amide bonds. The Kier molecular flexibility index (Phi) is 6.05. The molecule has 130 valence electrons. The van der Waals surface area contributed by atoms with Crippen molar-refractivity contribution in [3.63, 3.8) is 0 Å². The van der Waals surface area contributed by atoms with Gasteiger partial charge in [0.25, 0.3) is 0 Å². The minimum Gasteiger partial charge on any atom is -0.342 e. The van der Waals surface area contributed by atoms with Crippen LogP contribution in [0.4, 0.5) is 0 Å². The van der Waals surface area contributed by atoms with Gasteiger partial charge in [0.15, 0.2) is 12.0 Å². The van der Waals surface area contributed by atoms with Crippen LogP contribution in [0.25, 0.3) is 0 Å². The molecule has 23 heavy (non-hydrogen) atoms. The average Bonchev–Trinajstić information content (AvgIpc) is 2.87. The Hall–Kier alpha value is -0.700. The molecular weight excluding hydrogens is 342 g/mol. The zero-order chi connectivity index (χ0) is 17.1. The van der Waals surface area contributed by atoms with Crippen LogP contribution in [-0.2, 0) is 30.4 Å². The lowest BCUT2D eigenvalue weighted by molar-refractivity contribution is -0.179. The standard InChI is InChI=1S/C15H22ClNO5S/c1-4-15(5-2)21-13(10-11-8-6-7-9-12(11)16)14(22-15)17-23(18,19)20-3/h6-9,13-14,17H,4-5,10H2,1-3H3/t13-,14-/m0/s1. The summed E-state index contributed by atoms with van der Waals surface area (Å²) in [6, 6.07) is 7.38. The molecular formula is C15H22ClNO5S. The summed E-state index contributed by atoms with van der Waals surface area (Å²) in [5, 5.41) is 0.606. The summed E-state index contributed by atoms with van der Waals surface area (Å²) in [7, 11) is -2.80. The SMILES string of the molecule is CCC1(CC)O[C@@H](Cc2ccccc2Cl)[C@@H](NS(=O)(=O)OC)O1. The molecule has 1 fully saturated rings. The third-order valence-corrected chi connectivity index (χ3v) is 5.31. The smallest absolute Gasteiger partial charge is 0.337 e. The van der Waals surface area contributed by atoms with E-state index in [1.165, 1.54) is 0 Å². The van der Waals surface area contributed by atoms with Gasteiger partial charge in [0.2, 0.25) is 0 Å². The summed E-state index contributed by atoms with van der Waals surface area (Å²) >= 11 is 6.19. The molecule has 0 unspecified atom stereocenters. The van der Waals surface area contributed by atoms with Crippen LogP contribution < -0.4 is 4.72 Å². The molecule has 1 aromatic rings. The first kappa shape index (κ1) is 18.6. The predicted molar refractivity (Wildman–Crippen MR) is 87.3 cm³/mol. The fraction of sp³-hybridized carbons (Fsp3) is 0.600. The zero-order valence-corrected chi connectivity index (χ0v) is 15.0. The van der Waals surface area contributed by atoms with Crippen LogP contribution in [0.3, 0.4) is 0 Å². The summed E-state index contributed by atoms with van der Waals surface area (Å²) in [6.07, 6.45) is 0.302. The van der Waals surface area contributed by atoms with Crippen molar-refractivity contribution in [1.82, 2.24) is 4.72 Å². The lowest BCUT2D eigenvalue weighted by atomic mass is 10.1. The van der Waals surface area contributed by atoms with Gasteiger partial charge < -0.3 is 9.47 Å². The predicted octanol–water partition coefficient (Wildman–Crippen LogP) is 2.62. The van der Waals surface area contributed by atoms with Gasteiger partial charge in [0.1, 0.15) is 6.10 Å². The average molecular weight is 364 g/mol. The van der Waals surface area contributed by atoms with Crippen molar-refractivity contribution in [3.8, 4) is 0 Å². The fourth-order valence-corrected chi connectivity index (χ4v) is 3.37. The Morgan fingerprint density at radius 2 is 1.91 bits per heavy atom. The van der Waals surface area contributed by atoms with Gasteiger partial charge in [-0.1, -0.05) is 43.6 Å². The highest BCUT2D eigenvalue weighted by molar-refractivity contribution is 7.84. The number of hydrogen-bond donors (Lipinski definition) is 1. The molecule has 2 rings (SSSR count). The molecule has 1 aromatic carbocycles. The van der Waals surface area contributed by atoms with Gasteiger partial charge >= 0.3 is 10.3 Å². The van der Waals surface area contributed by atoms with Crippen molar-refractivity contribution in [1.29, 1.82) is 0 Å². The number of nitrogens with one attached hydrogen (secondary N) is 1. The molecule has 2 atom stereocenters. The number of rotatable bonds is 7. The number of hydrogen-bond acceptors (Lipinski definition) is 5. The van der Waals surface area contributed by atoms with Gasteiger partial charge in [-0.2, -0.15) is 13.1 Å². The second kappa shape index (κ2) is 7.46. The van der Waals surface area contributed by atoms with E-state index >= 15 is 0 Å². The molecule has 1 heterocycles. The van der Waals surface area contributed by atoms with E-state index in [9.17, 15) is 8.42 Å². The molecule has 0 saturated carbocycles. The lowest BCUT2D eigenvalue weighted by Gasteiger charge is -2.25. The van der Waals surface area contributed by atoms with Crippen molar-refractivity contribution < 1.29 is 22.1 Å². The van der Waals surface area contributed by atoms with Crippen molar-refractivity contribution in [3.05, 3.63) is 34.9 Å². The molecule has 1 aliphatic heterocycles. The van der Waals surface area contributed by atoms with Gasteiger partial charge in [0.05, 0.1) is 7.11 Å². The van der Waals surface area contributed by atoms with Crippen molar-refractivity contribution >= 4 is 21.9 Å². The first-order valence-electron chi connectivity index (χ1n) is 7.51. The summed E-state index contributed by atoms with van der Waals surface area (Å²) in [5.41, 5.74) is 0.868. The first-order chi connectivity index (χ1) is 10.8. The second-order valence-electron chi connectivity index (χ2n) is 5.35. The second-order valence-corrected chi connectivity index (χ2v) is 7.23. The maximum Gasteiger partial charge on any atom is 0.337 e. The summed E-state index contributed by atoms with van der Waals surface area (Å²) < 4.78 is 42.2. The number of benzene rings is 1. The molecule has 6 nitrogen and oxygen atoms in total. The van der Waals surface area contributed by atoms with Crippen LogP contribution in [0.5, 0.6) is 0 Å². The topological polar surface area (TPSA) is 73.9 Å². The minimum atomic E-state index is -3.89. The molecule has 1 aliphatic rings. The van der Waals surface area contributed by atoms with E-state index in [1.54, 1.807) is 6.07 Å². The fourth-order valence-electron chi connectivity index (χ4n) is 2.58. The third-order valence-electron chi connectivity index (χ3n) is 3.98. The van der Waals surface area contributed by atoms with E-state index in [0.717, 1.165) is 12.7 Å². The Labute approximate surface area is 142 Å². The van der Waals surface area contributed by atoms with E-state index in [1.807, 2.05) is 32.0 Å². The van der Waals surface area contributed by atoms with Crippen molar-refractivity contribution in [2.45, 2.75) is 51.2 Å². The third kappa shape index (κ3) is 4.43. The van der Waals surface area contributed by atoms with Crippen molar-refractivity contribution in [2.75, 3.05) is 7.11 Å². The highest BCUT2D eigenvalue weighted by Gasteiger charge is 2.46. The van der Waals surface area contributed by atoms with Crippen LogP contribution in [0, 0.1) is 0 Å². The summed E-state index contributed by atoms with van der Waals surface area (Å²) in [4.78, 5) is 0. The lowest BCUT2D eigenvalue weighted by Crippen LogP contribution is -2.43. The normalized spacial score (nSPS) is 24.0. The Morgan fingerprint density at radius 1 is 1.26 bits per heavy atom. The highest BCUT2D eigenvalue weighted by atomic mass is 35.5. The van der Waals surface area contributed by atoms with Crippen LogP contribution in [-0.4, -0.2) is 33.6 Å².